The molecular formula is C22H29N3O3S. The molecule has 7 heteroatoms. The van der Waals surface area contributed by atoms with E-state index in [1.165, 1.54) is 5.56 Å². The van der Waals surface area contributed by atoms with Crippen molar-refractivity contribution in [2.24, 2.45) is 0 Å². The number of aryl methyl sites for hydroxylation is 1. The van der Waals surface area contributed by atoms with E-state index >= 15 is 0 Å². The van der Waals surface area contributed by atoms with Crippen LogP contribution >= 0.6 is 11.3 Å². The van der Waals surface area contributed by atoms with Gasteiger partial charge < -0.3 is 15.3 Å². The molecule has 1 aliphatic rings. The van der Waals surface area contributed by atoms with Gasteiger partial charge in [0.15, 0.2) is 0 Å². The van der Waals surface area contributed by atoms with E-state index in [9.17, 15) is 14.7 Å². The molecule has 3 rings (SSSR count). The Morgan fingerprint density at radius 1 is 1.21 bits per heavy atom. The normalized spacial score (nSPS) is 16.1. The number of aliphatic hydroxyl groups is 1. The highest BCUT2D eigenvalue weighted by molar-refractivity contribution is 7.10. The molecular weight excluding hydrogens is 386 g/mol. The molecule has 0 spiro atoms. The standard InChI is InChI=1S/C22H29N3O3S/c1-16-5-7-17(8-6-16)22(19-4-3-13-29-19)23-20(27)14-24(2)15-21(28)25-11-9-18(26)10-12-25/h3-8,13,18,22,26H,9-12,14-15H2,1-2H3,(H,23,27). The number of likely N-dealkylation sites (N-methyl/N-ethyl adjacent to an activating group) is 1. The van der Waals surface area contributed by atoms with Crippen LogP contribution in [0.1, 0.15) is 34.9 Å². The maximum Gasteiger partial charge on any atom is 0.236 e. The summed E-state index contributed by atoms with van der Waals surface area (Å²) in [7, 11) is 1.78. The van der Waals surface area contributed by atoms with E-state index in [2.05, 4.69) is 5.32 Å². The van der Waals surface area contributed by atoms with Crippen molar-refractivity contribution in [3.8, 4) is 0 Å². The van der Waals surface area contributed by atoms with E-state index in [-0.39, 0.29) is 37.0 Å². The summed E-state index contributed by atoms with van der Waals surface area (Å²) in [5.74, 6) is -0.117. The lowest BCUT2D eigenvalue weighted by Crippen LogP contribution is -2.46. The number of hydrogen-bond donors (Lipinski definition) is 2. The Labute approximate surface area is 176 Å². The molecule has 2 amide bonds. The Morgan fingerprint density at radius 3 is 2.52 bits per heavy atom. The van der Waals surface area contributed by atoms with E-state index in [4.69, 9.17) is 0 Å². The minimum atomic E-state index is -0.307. The number of thiophene rings is 1. The van der Waals surface area contributed by atoms with Crippen LogP contribution in [-0.2, 0) is 9.59 Å². The number of benzene rings is 1. The van der Waals surface area contributed by atoms with Crippen molar-refractivity contribution in [3.63, 3.8) is 0 Å². The first kappa shape index (κ1) is 21.5. The largest absolute Gasteiger partial charge is 0.393 e. The number of nitrogens with one attached hydrogen (secondary N) is 1. The van der Waals surface area contributed by atoms with E-state index in [0.29, 0.717) is 25.9 Å². The minimum absolute atomic E-state index is 0.000501. The van der Waals surface area contributed by atoms with E-state index < -0.39 is 0 Å². The van der Waals surface area contributed by atoms with Gasteiger partial charge in [-0.25, -0.2) is 0 Å². The van der Waals surface area contributed by atoms with Crippen molar-refractivity contribution in [1.29, 1.82) is 0 Å². The van der Waals surface area contributed by atoms with Gasteiger partial charge in [0, 0.05) is 18.0 Å². The quantitative estimate of drug-likeness (QED) is 0.727. The Hall–Kier alpha value is -2.22. The number of nitrogens with zero attached hydrogens (tertiary/aromatic N) is 2. The second kappa shape index (κ2) is 10.0. The first-order valence-corrected chi connectivity index (χ1v) is 10.8. The average Bonchev–Trinajstić information content (AvgIpc) is 3.21. The molecule has 6 nitrogen and oxygen atoms in total. The zero-order chi connectivity index (χ0) is 20.8. The van der Waals surface area contributed by atoms with Gasteiger partial charge in [0.05, 0.1) is 25.2 Å². The van der Waals surface area contributed by atoms with E-state index in [1.54, 1.807) is 28.2 Å². The maximum atomic E-state index is 12.7. The number of likely N-dealkylation sites (tertiary alicyclic amines) is 1. The second-order valence-corrected chi connectivity index (χ2v) is 8.69. The summed E-state index contributed by atoms with van der Waals surface area (Å²) in [5, 5.41) is 14.7. The van der Waals surface area contributed by atoms with Gasteiger partial charge in [0.25, 0.3) is 0 Å². The number of carbonyl (C=O) groups is 2. The van der Waals surface area contributed by atoms with Crippen LogP contribution in [0.5, 0.6) is 0 Å². The summed E-state index contributed by atoms with van der Waals surface area (Å²) in [6, 6.07) is 12.0. The summed E-state index contributed by atoms with van der Waals surface area (Å²) < 4.78 is 0. The molecule has 29 heavy (non-hydrogen) atoms. The summed E-state index contributed by atoms with van der Waals surface area (Å²) in [6.07, 6.45) is 0.933. The van der Waals surface area contributed by atoms with Crippen molar-refractivity contribution in [3.05, 3.63) is 57.8 Å². The van der Waals surface area contributed by atoms with Crippen LogP contribution in [0.3, 0.4) is 0 Å². The lowest BCUT2D eigenvalue weighted by Gasteiger charge is -2.31. The molecule has 1 aromatic carbocycles. The van der Waals surface area contributed by atoms with Gasteiger partial charge in [-0.15, -0.1) is 11.3 Å². The van der Waals surface area contributed by atoms with Crippen LogP contribution < -0.4 is 5.32 Å². The molecule has 2 heterocycles. The molecule has 1 atom stereocenters. The molecule has 0 bridgehead atoms. The second-order valence-electron chi connectivity index (χ2n) is 7.71. The number of carbonyl (C=O) groups excluding carboxylic acids is 2. The zero-order valence-electron chi connectivity index (χ0n) is 17.0. The summed E-state index contributed by atoms with van der Waals surface area (Å²) in [6.45, 7) is 3.53. The van der Waals surface area contributed by atoms with Crippen molar-refractivity contribution in [1.82, 2.24) is 15.1 Å². The van der Waals surface area contributed by atoms with Gasteiger partial charge >= 0.3 is 0 Å². The highest BCUT2D eigenvalue weighted by atomic mass is 32.1. The molecule has 0 radical (unpaired) electrons. The number of piperidine rings is 1. The van der Waals surface area contributed by atoms with Gasteiger partial charge in [-0.2, -0.15) is 0 Å². The third-order valence-corrected chi connectivity index (χ3v) is 6.12. The lowest BCUT2D eigenvalue weighted by molar-refractivity contribution is -0.134. The summed E-state index contributed by atoms with van der Waals surface area (Å²) >= 11 is 1.61. The molecule has 1 unspecified atom stereocenters. The van der Waals surface area contributed by atoms with Crippen LogP contribution in [0, 0.1) is 6.92 Å². The topological polar surface area (TPSA) is 72.9 Å². The van der Waals surface area contributed by atoms with Crippen molar-refractivity contribution in [2.75, 3.05) is 33.2 Å². The highest BCUT2D eigenvalue weighted by Crippen LogP contribution is 2.26. The van der Waals surface area contributed by atoms with Crippen LogP contribution in [0.2, 0.25) is 0 Å². The highest BCUT2D eigenvalue weighted by Gasteiger charge is 2.23. The molecule has 2 N–H and O–H groups in total. The van der Waals surface area contributed by atoms with Gasteiger partial charge in [-0.1, -0.05) is 35.9 Å². The minimum Gasteiger partial charge on any atom is -0.393 e. The fourth-order valence-electron chi connectivity index (χ4n) is 3.49. The van der Waals surface area contributed by atoms with E-state index in [1.807, 2.05) is 48.7 Å². The van der Waals surface area contributed by atoms with Gasteiger partial charge in [-0.3, -0.25) is 14.5 Å². The van der Waals surface area contributed by atoms with Crippen LogP contribution in [0.15, 0.2) is 41.8 Å². The smallest absolute Gasteiger partial charge is 0.236 e. The average molecular weight is 416 g/mol. The predicted octanol–water partition coefficient (Wildman–Crippen LogP) is 2.18. The molecule has 1 fully saturated rings. The molecule has 1 aromatic heterocycles. The molecule has 156 valence electrons. The van der Waals surface area contributed by atoms with Gasteiger partial charge in [0.1, 0.15) is 0 Å². The third kappa shape index (κ3) is 6.13. The van der Waals surface area contributed by atoms with Crippen molar-refractivity contribution >= 4 is 23.2 Å². The maximum absolute atomic E-state index is 12.7. The monoisotopic (exact) mass is 415 g/mol. The third-order valence-electron chi connectivity index (χ3n) is 5.18. The Morgan fingerprint density at radius 2 is 1.90 bits per heavy atom. The lowest BCUT2D eigenvalue weighted by atomic mass is 10.0. The zero-order valence-corrected chi connectivity index (χ0v) is 17.8. The number of aliphatic hydroxyl groups excluding tert-OH is 1. The van der Waals surface area contributed by atoms with Crippen molar-refractivity contribution in [2.45, 2.75) is 31.9 Å². The fraction of sp³-hybridized carbons (Fsp3) is 0.455. The van der Waals surface area contributed by atoms with Gasteiger partial charge in [0.2, 0.25) is 11.8 Å². The SMILES string of the molecule is Cc1ccc(C(NC(=O)CN(C)CC(=O)N2CCC(O)CC2)c2cccs2)cc1. The van der Waals surface area contributed by atoms with Crippen LogP contribution in [0.4, 0.5) is 0 Å². The number of hydrogen-bond acceptors (Lipinski definition) is 5. The van der Waals surface area contributed by atoms with Crippen molar-refractivity contribution < 1.29 is 14.7 Å². The first-order chi connectivity index (χ1) is 13.9. The summed E-state index contributed by atoms with van der Waals surface area (Å²) in [4.78, 5) is 29.7. The molecule has 0 saturated carbocycles. The number of rotatable bonds is 7. The number of amides is 2. The van der Waals surface area contributed by atoms with Gasteiger partial charge in [-0.05, 0) is 43.8 Å². The molecule has 0 aliphatic carbocycles. The Bertz CT molecular complexity index is 799. The fourth-order valence-corrected chi connectivity index (χ4v) is 4.29. The van der Waals surface area contributed by atoms with Crippen LogP contribution in [-0.4, -0.2) is 66.1 Å². The summed E-state index contributed by atoms with van der Waals surface area (Å²) in [5.41, 5.74) is 2.21. The molecule has 1 aliphatic heterocycles. The van der Waals surface area contributed by atoms with E-state index in [0.717, 1.165) is 10.4 Å². The molecule has 1 saturated heterocycles. The first-order valence-electron chi connectivity index (χ1n) is 9.96. The predicted molar refractivity (Wildman–Crippen MR) is 115 cm³/mol. The van der Waals surface area contributed by atoms with Crippen LogP contribution in [0.25, 0.3) is 0 Å². The Balaban J connectivity index is 1.57. The Kier molecular flexibility index (Phi) is 7.41. The molecule has 2 aromatic rings.